The zero-order chi connectivity index (χ0) is 11.4. The average Bonchev–Trinajstić information content (AvgIpc) is 2.28. The number of halogens is 2. The largest absolute Gasteiger partial charge is 0.245 e. The lowest BCUT2D eigenvalue weighted by Gasteiger charge is -2.04. The summed E-state index contributed by atoms with van der Waals surface area (Å²) >= 11 is 11.1. The van der Waals surface area contributed by atoms with Crippen molar-refractivity contribution >= 4 is 39.3 Å². The van der Waals surface area contributed by atoms with Crippen molar-refractivity contribution in [2.75, 3.05) is 0 Å². The Balaban J connectivity index is 2.05. The number of benzene rings is 1. The Morgan fingerprint density at radius 2 is 2.06 bits per heavy atom. The van der Waals surface area contributed by atoms with Crippen molar-refractivity contribution in [3.63, 3.8) is 0 Å². The molecule has 1 nitrogen and oxygen atoms in total. The van der Waals surface area contributed by atoms with Gasteiger partial charge < -0.3 is 0 Å². The summed E-state index contributed by atoms with van der Waals surface area (Å²) in [6, 6.07) is 12.1. The molecule has 1 heterocycles. The summed E-state index contributed by atoms with van der Waals surface area (Å²) in [4.78, 5) is 5.19. The zero-order valence-electron chi connectivity index (χ0n) is 8.36. The summed E-state index contributed by atoms with van der Waals surface area (Å²) in [5.41, 5.74) is 1.18. The summed E-state index contributed by atoms with van der Waals surface area (Å²) in [5.74, 6) is 0.894. The summed E-state index contributed by atoms with van der Waals surface area (Å²) < 4.78 is 1.13. The lowest BCUT2D eigenvalue weighted by atomic mass is 10.3. The molecule has 2 rings (SSSR count). The second-order valence-corrected chi connectivity index (χ2v) is 5.46. The van der Waals surface area contributed by atoms with Crippen molar-refractivity contribution in [2.24, 2.45) is 0 Å². The molecule has 2 aromatic rings. The van der Waals surface area contributed by atoms with Gasteiger partial charge in [-0.1, -0.05) is 23.7 Å². The van der Waals surface area contributed by atoms with Crippen LogP contribution >= 0.6 is 39.3 Å². The van der Waals surface area contributed by atoms with Crippen molar-refractivity contribution in [2.45, 2.75) is 10.6 Å². The van der Waals surface area contributed by atoms with Crippen LogP contribution in [0.2, 0.25) is 5.15 Å². The van der Waals surface area contributed by atoms with Gasteiger partial charge in [-0.25, -0.2) is 4.98 Å². The van der Waals surface area contributed by atoms with Crippen LogP contribution in [0, 0.1) is 0 Å². The van der Waals surface area contributed by atoms with E-state index < -0.39 is 0 Å². The summed E-state index contributed by atoms with van der Waals surface area (Å²) in [6.07, 6.45) is 1.73. The Morgan fingerprint density at radius 1 is 1.25 bits per heavy atom. The van der Waals surface area contributed by atoms with Crippen LogP contribution in [-0.4, -0.2) is 4.98 Å². The molecule has 0 atom stereocenters. The SMILES string of the molecule is Clc1cc(CSc2ccccc2Br)ccn1. The molecule has 0 aliphatic heterocycles. The first-order chi connectivity index (χ1) is 7.75. The van der Waals surface area contributed by atoms with E-state index in [2.05, 4.69) is 27.0 Å². The maximum Gasteiger partial charge on any atom is 0.129 e. The van der Waals surface area contributed by atoms with Crippen LogP contribution in [0.1, 0.15) is 5.56 Å². The van der Waals surface area contributed by atoms with E-state index in [0.29, 0.717) is 5.15 Å². The number of hydrogen-bond acceptors (Lipinski definition) is 2. The molecule has 0 bridgehead atoms. The van der Waals surface area contributed by atoms with Crippen LogP contribution in [0.3, 0.4) is 0 Å². The van der Waals surface area contributed by atoms with E-state index in [-0.39, 0.29) is 0 Å². The Bertz CT molecular complexity index is 490. The van der Waals surface area contributed by atoms with Crippen LogP contribution in [0.4, 0.5) is 0 Å². The van der Waals surface area contributed by atoms with Crippen LogP contribution in [0.25, 0.3) is 0 Å². The Kier molecular flexibility index (Phi) is 4.27. The summed E-state index contributed by atoms with van der Waals surface area (Å²) in [6.45, 7) is 0. The Labute approximate surface area is 112 Å². The molecule has 0 aliphatic carbocycles. The minimum absolute atomic E-state index is 0.547. The Hall–Kier alpha value is -0.510. The fourth-order valence-electron chi connectivity index (χ4n) is 1.26. The number of thioether (sulfide) groups is 1. The fraction of sp³-hybridized carbons (Fsp3) is 0.0833. The third kappa shape index (κ3) is 3.24. The number of aromatic nitrogens is 1. The summed E-state index contributed by atoms with van der Waals surface area (Å²) in [7, 11) is 0. The predicted molar refractivity (Wildman–Crippen MR) is 73.0 cm³/mol. The lowest BCUT2D eigenvalue weighted by Crippen LogP contribution is -1.83. The molecule has 0 spiro atoms. The van der Waals surface area contributed by atoms with E-state index in [1.54, 1.807) is 18.0 Å². The molecule has 16 heavy (non-hydrogen) atoms. The van der Waals surface area contributed by atoms with Crippen LogP contribution in [-0.2, 0) is 5.75 Å². The van der Waals surface area contributed by atoms with E-state index in [9.17, 15) is 0 Å². The molecule has 0 amide bonds. The molecule has 0 fully saturated rings. The first-order valence-corrected chi connectivity index (χ1v) is 6.89. The first kappa shape index (κ1) is 12.0. The smallest absolute Gasteiger partial charge is 0.129 e. The van der Waals surface area contributed by atoms with Gasteiger partial charge in [0.15, 0.2) is 0 Å². The van der Waals surface area contributed by atoms with Gasteiger partial charge in [0.1, 0.15) is 5.15 Å². The average molecular weight is 315 g/mol. The number of hydrogen-bond donors (Lipinski definition) is 0. The molecule has 0 N–H and O–H groups in total. The number of nitrogens with zero attached hydrogens (tertiary/aromatic N) is 1. The van der Waals surface area contributed by atoms with Crippen molar-refractivity contribution in [1.29, 1.82) is 0 Å². The topological polar surface area (TPSA) is 12.9 Å². The molecule has 82 valence electrons. The molecule has 1 aromatic heterocycles. The van der Waals surface area contributed by atoms with Gasteiger partial charge in [0.05, 0.1) is 0 Å². The van der Waals surface area contributed by atoms with Gasteiger partial charge in [0.2, 0.25) is 0 Å². The fourth-order valence-corrected chi connectivity index (χ4v) is 2.96. The van der Waals surface area contributed by atoms with Gasteiger partial charge in [0, 0.05) is 21.3 Å². The molecular weight excluding hydrogens is 306 g/mol. The highest BCUT2D eigenvalue weighted by atomic mass is 79.9. The quantitative estimate of drug-likeness (QED) is 0.597. The van der Waals surface area contributed by atoms with Gasteiger partial charge in [-0.05, 0) is 45.8 Å². The first-order valence-electron chi connectivity index (χ1n) is 4.73. The molecule has 1 aromatic carbocycles. The maximum atomic E-state index is 5.83. The van der Waals surface area contributed by atoms with E-state index in [4.69, 9.17) is 11.6 Å². The lowest BCUT2D eigenvalue weighted by molar-refractivity contribution is 1.27. The van der Waals surface area contributed by atoms with Crippen molar-refractivity contribution in [1.82, 2.24) is 4.98 Å². The van der Waals surface area contributed by atoms with Crippen molar-refractivity contribution in [3.8, 4) is 0 Å². The second kappa shape index (κ2) is 5.71. The highest BCUT2D eigenvalue weighted by Crippen LogP contribution is 2.29. The minimum Gasteiger partial charge on any atom is -0.245 e. The number of pyridine rings is 1. The Morgan fingerprint density at radius 3 is 2.81 bits per heavy atom. The van der Waals surface area contributed by atoms with Gasteiger partial charge in [0.25, 0.3) is 0 Å². The monoisotopic (exact) mass is 313 g/mol. The zero-order valence-corrected chi connectivity index (χ0v) is 11.5. The van der Waals surface area contributed by atoms with E-state index in [1.807, 2.05) is 30.3 Å². The second-order valence-electron chi connectivity index (χ2n) is 3.21. The van der Waals surface area contributed by atoms with Crippen molar-refractivity contribution < 1.29 is 0 Å². The molecule has 4 heteroatoms. The predicted octanol–water partition coefficient (Wildman–Crippen LogP) is 4.79. The van der Waals surface area contributed by atoms with Crippen LogP contribution in [0.15, 0.2) is 52.0 Å². The molecule has 0 unspecified atom stereocenters. The third-order valence-corrected chi connectivity index (χ3v) is 4.33. The van der Waals surface area contributed by atoms with E-state index in [1.165, 1.54) is 10.5 Å². The normalized spacial score (nSPS) is 10.4. The summed E-state index contributed by atoms with van der Waals surface area (Å²) in [5, 5.41) is 0.547. The van der Waals surface area contributed by atoms with E-state index >= 15 is 0 Å². The highest BCUT2D eigenvalue weighted by Gasteiger charge is 2.00. The van der Waals surface area contributed by atoms with E-state index in [0.717, 1.165) is 10.2 Å². The number of rotatable bonds is 3. The highest BCUT2D eigenvalue weighted by molar-refractivity contribution is 9.10. The molecule has 0 radical (unpaired) electrons. The van der Waals surface area contributed by atoms with Gasteiger partial charge >= 0.3 is 0 Å². The third-order valence-electron chi connectivity index (χ3n) is 2.02. The maximum absolute atomic E-state index is 5.83. The minimum atomic E-state index is 0.547. The molecular formula is C12H9BrClNS. The molecule has 0 aliphatic rings. The van der Waals surface area contributed by atoms with Gasteiger partial charge in [-0.3, -0.25) is 0 Å². The van der Waals surface area contributed by atoms with Crippen LogP contribution < -0.4 is 0 Å². The van der Waals surface area contributed by atoms with Crippen molar-refractivity contribution in [3.05, 3.63) is 57.8 Å². The van der Waals surface area contributed by atoms with Crippen LogP contribution in [0.5, 0.6) is 0 Å². The molecule has 0 saturated carbocycles. The van der Waals surface area contributed by atoms with Gasteiger partial charge in [-0.15, -0.1) is 11.8 Å². The molecule has 0 saturated heterocycles. The standard InChI is InChI=1S/C12H9BrClNS/c13-10-3-1-2-4-11(10)16-8-9-5-6-15-12(14)7-9/h1-7H,8H2. The van der Waals surface area contributed by atoms with Gasteiger partial charge in [-0.2, -0.15) is 0 Å².